The lowest BCUT2D eigenvalue weighted by molar-refractivity contribution is -0.131. The zero-order valence-corrected chi connectivity index (χ0v) is 18.7. The van der Waals surface area contributed by atoms with Crippen LogP contribution in [0, 0.1) is 12.3 Å². The number of aromatic nitrogens is 1. The van der Waals surface area contributed by atoms with E-state index in [0.717, 1.165) is 25.7 Å². The van der Waals surface area contributed by atoms with E-state index in [2.05, 4.69) is 10.3 Å². The van der Waals surface area contributed by atoms with Crippen molar-refractivity contribution in [3.63, 3.8) is 0 Å². The molecule has 0 radical (unpaired) electrons. The summed E-state index contributed by atoms with van der Waals surface area (Å²) in [6.07, 6.45) is 8.08. The molecule has 168 valence electrons. The summed E-state index contributed by atoms with van der Waals surface area (Å²) in [5.74, 6) is -0.735. The molecular weight excluding hydrogens is 394 g/mol. The first-order chi connectivity index (χ1) is 14.7. The highest BCUT2D eigenvalue weighted by Crippen LogP contribution is 2.34. The van der Waals surface area contributed by atoms with Gasteiger partial charge < -0.3 is 20.9 Å². The molecule has 7 nitrogen and oxygen atoms in total. The Morgan fingerprint density at radius 2 is 1.84 bits per heavy atom. The average Bonchev–Trinajstić information content (AvgIpc) is 2.67. The topological polar surface area (TPSA) is 115 Å². The van der Waals surface area contributed by atoms with Crippen LogP contribution in [-0.2, 0) is 4.79 Å². The van der Waals surface area contributed by atoms with E-state index in [9.17, 15) is 14.7 Å². The van der Waals surface area contributed by atoms with Crippen molar-refractivity contribution in [3.05, 3.63) is 29.5 Å². The number of pyridine rings is 1. The van der Waals surface area contributed by atoms with Crippen molar-refractivity contribution in [2.45, 2.75) is 71.8 Å². The minimum absolute atomic E-state index is 0.0233. The number of hydrogen-bond donors (Lipinski definition) is 3. The molecule has 0 saturated heterocycles. The molecule has 4 N–H and O–H groups in total. The van der Waals surface area contributed by atoms with Crippen molar-refractivity contribution in [1.29, 1.82) is 0 Å². The van der Waals surface area contributed by atoms with Crippen LogP contribution in [0.2, 0.25) is 0 Å². The van der Waals surface area contributed by atoms with Gasteiger partial charge in [-0.1, -0.05) is 38.2 Å². The Bertz CT molecular complexity index is 963. The monoisotopic (exact) mass is 427 g/mol. The van der Waals surface area contributed by atoms with Gasteiger partial charge in [0.1, 0.15) is 17.9 Å². The third kappa shape index (κ3) is 5.27. The predicted molar refractivity (Wildman–Crippen MR) is 121 cm³/mol. The summed E-state index contributed by atoms with van der Waals surface area (Å²) in [4.78, 5) is 29.0. The number of aryl methyl sites for hydroxylation is 1. The summed E-state index contributed by atoms with van der Waals surface area (Å²) in [6, 6.07) is 5.49. The van der Waals surface area contributed by atoms with E-state index in [0.29, 0.717) is 22.3 Å². The molecule has 0 bridgehead atoms. The summed E-state index contributed by atoms with van der Waals surface area (Å²) in [6.45, 7) is 5.46. The minimum atomic E-state index is -1.13. The third-order valence-corrected chi connectivity index (χ3v) is 6.05. The molecule has 1 aliphatic rings. The van der Waals surface area contributed by atoms with E-state index >= 15 is 0 Å². The molecule has 31 heavy (non-hydrogen) atoms. The van der Waals surface area contributed by atoms with E-state index in [1.165, 1.54) is 19.3 Å². The number of ether oxygens (including phenoxy) is 1. The molecule has 1 heterocycles. The number of benzene rings is 1. The molecule has 1 fully saturated rings. The largest absolute Gasteiger partial charge is 0.492 e. The molecule has 0 spiro atoms. The van der Waals surface area contributed by atoms with E-state index in [4.69, 9.17) is 10.5 Å². The van der Waals surface area contributed by atoms with Gasteiger partial charge in [-0.15, -0.1) is 0 Å². The lowest BCUT2D eigenvalue weighted by atomic mass is 9.91. The maximum Gasteiger partial charge on any atom is 0.339 e. The lowest BCUT2D eigenvalue weighted by Crippen LogP contribution is -2.45. The van der Waals surface area contributed by atoms with Gasteiger partial charge in [-0.25, -0.2) is 4.79 Å². The van der Waals surface area contributed by atoms with Gasteiger partial charge in [0.2, 0.25) is 5.91 Å². The van der Waals surface area contributed by atoms with Crippen molar-refractivity contribution in [1.82, 2.24) is 10.3 Å². The second-order valence-corrected chi connectivity index (χ2v) is 9.13. The summed E-state index contributed by atoms with van der Waals surface area (Å²) in [5, 5.41) is 13.2. The Morgan fingerprint density at radius 1 is 1.19 bits per heavy atom. The summed E-state index contributed by atoms with van der Waals surface area (Å²) in [7, 11) is 0. The smallest absolute Gasteiger partial charge is 0.339 e. The second kappa shape index (κ2) is 9.54. The third-order valence-electron chi connectivity index (χ3n) is 6.05. The molecule has 1 aromatic heterocycles. The zero-order chi connectivity index (χ0) is 22.6. The standard InChI is InChI=1S/C24H33N3O4/c1-15-19(22(28)29)21(25)20-17(26-15)12-9-13-18(20)31-14-24(2,3)23(30)27-16-10-7-5-4-6-8-11-16/h9,12-13,16H,4-8,10-11,14H2,1-3H3,(H2,25,26)(H,27,30)(H,28,29). The molecule has 1 saturated carbocycles. The number of carboxylic acid groups (broad SMARTS) is 1. The number of aromatic carboxylic acids is 1. The van der Waals surface area contributed by atoms with Crippen molar-refractivity contribution in [2.75, 3.05) is 12.3 Å². The summed E-state index contributed by atoms with van der Waals surface area (Å²) in [5.41, 5.74) is 6.46. The molecule has 2 aromatic rings. The maximum atomic E-state index is 13.0. The van der Waals surface area contributed by atoms with Crippen LogP contribution in [0.5, 0.6) is 5.75 Å². The van der Waals surface area contributed by atoms with E-state index in [-0.39, 0.29) is 29.8 Å². The number of nitrogens with two attached hydrogens (primary N) is 1. The Morgan fingerprint density at radius 3 is 2.48 bits per heavy atom. The SMILES string of the molecule is Cc1nc2cccc(OCC(C)(C)C(=O)NC3CCCCCCC3)c2c(N)c1C(=O)O. The quantitative estimate of drug-likeness (QED) is 0.627. The number of rotatable bonds is 6. The zero-order valence-electron chi connectivity index (χ0n) is 18.7. The molecule has 1 amide bonds. The minimum Gasteiger partial charge on any atom is -0.492 e. The molecule has 1 aromatic carbocycles. The first kappa shape index (κ1) is 22.8. The molecule has 1 aliphatic carbocycles. The van der Waals surface area contributed by atoms with Crippen LogP contribution in [-0.4, -0.2) is 34.6 Å². The van der Waals surface area contributed by atoms with Crippen LogP contribution in [0.25, 0.3) is 10.9 Å². The molecule has 3 rings (SSSR count). The van der Waals surface area contributed by atoms with Gasteiger partial charge in [-0.3, -0.25) is 9.78 Å². The fourth-order valence-electron chi connectivity index (χ4n) is 4.14. The number of carbonyl (C=O) groups is 2. The fourth-order valence-corrected chi connectivity index (χ4v) is 4.14. The number of fused-ring (bicyclic) bond motifs is 1. The van der Waals surface area contributed by atoms with Crippen LogP contribution in [0.1, 0.15) is 74.8 Å². The molecule has 0 atom stereocenters. The van der Waals surface area contributed by atoms with Crippen LogP contribution in [0.3, 0.4) is 0 Å². The van der Waals surface area contributed by atoms with Crippen LogP contribution in [0.4, 0.5) is 5.69 Å². The number of nitrogen functional groups attached to an aromatic ring is 1. The normalized spacial score (nSPS) is 15.8. The fraction of sp³-hybridized carbons (Fsp3) is 0.542. The average molecular weight is 428 g/mol. The van der Waals surface area contributed by atoms with Crippen molar-refractivity contribution in [2.24, 2.45) is 5.41 Å². The number of carbonyl (C=O) groups excluding carboxylic acids is 1. The number of anilines is 1. The summed E-state index contributed by atoms with van der Waals surface area (Å²) < 4.78 is 6.02. The number of nitrogens with one attached hydrogen (secondary N) is 1. The second-order valence-electron chi connectivity index (χ2n) is 9.13. The van der Waals surface area contributed by atoms with Gasteiger partial charge in [-0.2, -0.15) is 0 Å². The van der Waals surface area contributed by atoms with Crippen LogP contribution >= 0.6 is 0 Å². The number of nitrogens with zero attached hydrogens (tertiary/aromatic N) is 1. The molecule has 0 aliphatic heterocycles. The van der Waals surface area contributed by atoms with E-state index in [1.54, 1.807) is 25.1 Å². The van der Waals surface area contributed by atoms with Gasteiger partial charge in [0.15, 0.2) is 0 Å². The maximum absolute atomic E-state index is 13.0. The number of carboxylic acids is 1. The molecule has 7 heteroatoms. The highest BCUT2D eigenvalue weighted by atomic mass is 16.5. The summed E-state index contributed by atoms with van der Waals surface area (Å²) >= 11 is 0. The van der Waals surface area contributed by atoms with E-state index < -0.39 is 11.4 Å². The Balaban J connectivity index is 1.77. The first-order valence-electron chi connectivity index (χ1n) is 11.1. The van der Waals surface area contributed by atoms with Crippen molar-refractivity contribution < 1.29 is 19.4 Å². The Hall–Kier alpha value is -2.83. The van der Waals surface area contributed by atoms with Gasteiger partial charge in [0, 0.05) is 6.04 Å². The van der Waals surface area contributed by atoms with Gasteiger partial charge in [0.05, 0.1) is 27.7 Å². The Labute approximate surface area is 183 Å². The van der Waals surface area contributed by atoms with Crippen molar-refractivity contribution in [3.8, 4) is 5.75 Å². The Kier molecular flexibility index (Phi) is 7.03. The van der Waals surface area contributed by atoms with Crippen molar-refractivity contribution >= 4 is 28.5 Å². The predicted octanol–water partition coefficient (Wildman–Crippen LogP) is 4.46. The number of amides is 1. The van der Waals surface area contributed by atoms with E-state index in [1.807, 2.05) is 13.8 Å². The van der Waals surface area contributed by atoms with Crippen LogP contribution < -0.4 is 15.8 Å². The van der Waals surface area contributed by atoms with Gasteiger partial charge >= 0.3 is 5.97 Å². The number of hydrogen-bond acceptors (Lipinski definition) is 5. The first-order valence-corrected chi connectivity index (χ1v) is 11.1. The molecule has 0 unspecified atom stereocenters. The highest BCUT2D eigenvalue weighted by molar-refractivity contribution is 6.06. The van der Waals surface area contributed by atoms with Crippen LogP contribution in [0.15, 0.2) is 18.2 Å². The molecular formula is C24H33N3O4. The highest BCUT2D eigenvalue weighted by Gasteiger charge is 2.31. The van der Waals surface area contributed by atoms with Gasteiger partial charge in [-0.05, 0) is 45.7 Å². The van der Waals surface area contributed by atoms with Gasteiger partial charge in [0.25, 0.3) is 0 Å². The lowest BCUT2D eigenvalue weighted by Gasteiger charge is -2.28.